The molecule has 0 fully saturated rings. The van der Waals surface area contributed by atoms with Gasteiger partial charge >= 0.3 is 0 Å². The first-order valence-corrected chi connectivity index (χ1v) is 7.67. The molecule has 0 amide bonds. The van der Waals surface area contributed by atoms with Crippen molar-refractivity contribution in [1.29, 1.82) is 0 Å². The molecule has 4 heteroatoms. The van der Waals surface area contributed by atoms with Gasteiger partial charge < -0.3 is 0 Å². The quantitative estimate of drug-likeness (QED) is 0.769. The molecule has 0 radical (unpaired) electrons. The molecule has 0 N–H and O–H groups in total. The molecule has 108 valence electrons. The second-order valence-electron chi connectivity index (χ2n) is 5.25. The Morgan fingerprint density at radius 3 is 2.33 bits per heavy atom. The van der Waals surface area contributed by atoms with Crippen molar-refractivity contribution < 1.29 is 4.79 Å². The maximum absolute atomic E-state index is 12.3. The molecule has 2 aromatic carbocycles. The van der Waals surface area contributed by atoms with E-state index >= 15 is 0 Å². The van der Waals surface area contributed by atoms with E-state index in [4.69, 9.17) is 23.2 Å². The first kappa shape index (κ1) is 14.6. The van der Waals surface area contributed by atoms with E-state index in [1.165, 1.54) is 11.1 Å². The summed E-state index contributed by atoms with van der Waals surface area (Å²) in [6.45, 7) is 2.55. The second kappa shape index (κ2) is 6.18. The van der Waals surface area contributed by atoms with E-state index in [9.17, 15) is 4.79 Å². The topological polar surface area (TPSA) is 20.3 Å². The molecule has 0 saturated heterocycles. The summed E-state index contributed by atoms with van der Waals surface area (Å²) in [6, 6.07) is 13.6. The van der Waals surface area contributed by atoms with Gasteiger partial charge in [-0.2, -0.15) is 0 Å². The maximum atomic E-state index is 12.3. The van der Waals surface area contributed by atoms with Crippen LogP contribution in [-0.2, 0) is 13.1 Å². The van der Waals surface area contributed by atoms with Gasteiger partial charge in [-0.15, -0.1) is 0 Å². The third-order valence-electron chi connectivity index (χ3n) is 3.81. The number of fused-ring (bicyclic) bond motifs is 1. The lowest BCUT2D eigenvalue weighted by atomic mass is 10.1. The first-order chi connectivity index (χ1) is 10.1. The molecule has 0 spiro atoms. The Hall–Kier alpha value is -1.35. The zero-order chi connectivity index (χ0) is 14.8. The minimum atomic E-state index is 0.0402. The Bertz CT molecular complexity index is 659. The zero-order valence-corrected chi connectivity index (χ0v) is 13.0. The SMILES string of the molecule is O=C(CCN1Cc2ccccc2C1)c1cccc(Cl)c1Cl. The second-order valence-corrected chi connectivity index (χ2v) is 6.04. The number of carbonyl (C=O) groups is 1. The summed E-state index contributed by atoms with van der Waals surface area (Å²) in [4.78, 5) is 14.6. The van der Waals surface area contributed by atoms with E-state index < -0.39 is 0 Å². The predicted molar refractivity (Wildman–Crippen MR) is 86.0 cm³/mol. The maximum Gasteiger partial charge on any atom is 0.165 e. The highest BCUT2D eigenvalue weighted by molar-refractivity contribution is 6.43. The van der Waals surface area contributed by atoms with E-state index in [1.807, 2.05) is 0 Å². The number of hydrogen-bond donors (Lipinski definition) is 0. The number of rotatable bonds is 4. The third-order valence-corrected chi connectivity index (χ3v) is 4.63. The lowest BCUT2D eigenvalue weighted by Crippen LogP contribution is -2.20. The van der Waals surface area contributed by atoms with Crippen LogP contribution >= 0.6 is 23.2 Å². The average Bonchev–Trinajstić information content (AvgIpc) is 2.90. The molecule has 0 unspecified atom stereocenters. The van der Waals surface area contributed by atoms with Crippen LogP contribution in [0.4, 0.5) is 0 Å². The van der Waals surface area contributed by atoms with Gasteiger partial charge in [-0.1, -0.05) is 53.5 Å². The predicted octanol–water partition coefficient (Wildman–Crippen LogP) is 4.58. The molecular weight excluding hydrogens is 305 g/mol. The van der Waals surface area contributed by atoms with Crippen LogP contribution in [0.25, 0.3) is 0 Å². The molecular formula is C17H15Cl2NO. The van der Waals surface area contributed by atoms with E-state index in [-0.39, 0.29) is 5.78 Å². The van der Waals surface area contributed by atoms with Crippen LogP contribution in [0, 0.1) is 0 Å². The van der Waals surface area contributed by atoms with Crippen LogP contribution in [0.5, 0.6) is 0 Å². The monoisotopic (exact) mass is 319 g/mol. The number of ketones is 1. The van der Waals surface area contributed by atoms with Crippen molar-refractivity contribution in [2.75, 3.05) is 6.54 Å². The first-order valence-electron chi connectivity index (χ1n) is 6.91. The minimum Gasteiger partial charge on any atom is -0.294 e. The number of nitrogens with zero attached hydrogens (tertiary/aromatic N) is 1. The van der Waals surface area contributed by atoms with Crippen molar-refractivity contribution in [3.05, 3.63) is 69.2 Å². The van der Waals surface area contributed by atoms with Crippen molar-refractivity contribution >= 4 is 29.0 Å². The Kier molecular flexibility index (Phi) is 4.29. The fourth-order valence-electron chi connectivity index (χ4n) is 2.68. The van der Waals surface area contributed by atoms with Crippen LogP contribution in [-0.4, -0.2) is 17.2 Å². The van der Waals surface area contributed by atoms with Crippen molar-refractivity contribution in [2.24, 2.45) is 0 Å². The smallest absolute Gasteiger partial charge is 0.165 e. The van der Waals surface area contributed by atoms with E-state index in [1.54, 1.807) is 18.2 Å². The summed E-state index contributed by atoms with van der Waals surface area (Å²) in [5.74, 6) is 0.0402. The molecule has 2 nitrogen and oxygen atoms in total. The summed E-state index contributed by atoms with van der Waals surface area (Å²) in [5, 5.41) is 0.782. The Morgan fingerprint density at radius 2 is 1.67 bits per heavy atom. The number of halogens is 2. The number of hydrogen-bond acceptors (Lipinski definition) is 2. The molecule has 1 aliphatic heterocycles. The minimum absolute atomic E-state index is 0.0402. The highest BCUT2D eigenvalue weighted by atomic mass is 35.5. The highest BCUT2D eigenvalue weighted by Gasteiger charge is 2.20. The third kappa shape index (κ3) is 3.13. The number of Topliss-reactive ketones (excluding diaryl/α,β-unsaturated/α-hetero) is 1. The Morgan fingerprint density at radius 1 is 1.00 bits per heavy atom. The standard InChI is InChI=1S/C17H15Cl2NO/c18-15-7-3-6-14(17(15)19)16(21)8-9-20-10-12-4-1-2-5-13(12)11-20/h1-7H,8-11H2. The fourth-order valence-corrected chi connectivity index (χ4v) is 3.08. The summed E-state index contributed by atoms with van der Waals surface area (Å²) < 4.78 is 0. The van der Waals surface area contributed by atoms with Gasteiger partial charge in [0.25, 0.3) is 0 Å². The van der Waals surface area contributed by atoms with Gasteiger partial charge in [0, 0.05) is 31.6 Å². The molecule has 3 rings (SSSR count). The molecule has 0 atom stereocenters. The molecule has 0 bridgehead atoms. The van der Waals surface area contributed by atoms with Gasteiger partial charge in [-0.05, 0) is 23.3 Å². The average molecular weight is 320 g/mol. The van der Waals surface area contributed by atoms with Gasteiger partial charge in [-0.3, -0.25) is 9.69 Å². The lowest BCUT2D eigenvalue weighted by Gasteiger charge is -2.14. The van der Waals surface area contributed by atoms with E-state index in [0.717, 1.165) is 19.6 Å². The van der Waals surface area contributed by atoms with E-state index in [2.05, 4.69) is 29.2 Å². The van der Waals surface area contributed by atoms with Gasteiger partial charge in [0.1, 0.15) is 0 Å². The lowest BCUT2D eigenvalue weighted by molar-refractivity contribution is 0.0963. The molecule has 0 aliphatic carbocycles. The van der Waals surface area contributed by atoms with Gasteiger partial charge in [0.15, 0.2) is 5.78 Å². The van der Waals surface area contributed by atoms with Crippen LogP contribution < -0.4 is 0 Å². The largest absolute Gasteiger partial charge is 0.294 e. The summed E-state index contributed by atoms with van der Waals surface area (Å²) in [7, 11) is 0. The van der Waals surface area contributed by atoms with Crippen molar-refractivity contribution in [1.82, 2.24) is 4.90 Å². The van der Waals surface area contributed by atoms with E-state index in [0.29, 0.717) is 22.0 Å². The van der Waals surface area contributed by atoms with Gasteiger partial charge in [0.05, 0.1) is 10.0 Å². The normalized spacial score (nSPS) is 14.2. The Balaban J connectivity index is 1.62. The Labute approximate surface area is 134 Å². The summed E-state index contributed by atoms with van der Waals surface area (Å²) >= 11 is 12.0. The molecule has 0 aromatic heterocycles. The van der Waals surface area contributed by atoms with Crippen molar-refractivity contribution in [3.8, 4) is 0 Å². The number of carbonyl (C=O) groups excluding carboxylic acids is 1. The van der Waals surface area contributed by atoms with Gasteiger partial charge in [-0.25, -0.2) is 0 Å². The molecule has 21 heavy (non-hydrogen) atoms. The molecule has 2 aromatic rings. The van der Waals surface area contributed by atoms with Crippen LogP contribution in [0.15, 0.2) is 42.5 Å². The van der Waals surface area contributed by atoms with Crippen LogP contribution in [0.3, 0.4) is 0 Å². The van der Waals surface area contributed by atoms with Gasteiger partial charge in [0.2, 0.25) is 0 Å². The summed E-state index contributed by atoms with van der Waals surface area (Å²) in [5.41, 5.74) is 3.22. The molecule has 1 aliphatic rings. The fraction of sp³-hybridized carbons (Fsp3) is 0.235. The van der Waals surface area contributed by atoms with Crippen molar-refractivity contribution in [3.63, 3.8) is 0 Å². The molecule has 0 saturated carbocycles. The van der Waals surface area contributed by atoms with Crippen LogP contribution in [0.1, 0.15) is 27.9 Å². The highest BCUT2D eigenvalue weighted by Crippen LogP contribution is 2.27. The zero-order valence-electron chi connectivity index (χ0n) is 11.5. The van der Waals surface area contributed by atoms with Crippen molar-refractivity contribution in [2.45, 2.75) is 19.5 Å². The molecule has 1 heterocycles. The van der Waals surface area contributed by atoms with Crippen LogP contribution in [0.2, 0.25) is 10.0 Å². The number of benzene rings is 2. The summed E-state index contributed by atoms with van der Waals surface area (Å²) in [6.07, 6.45) is 0.452.